The van der Waals surface area contributed by atoms with Crippen LogP contribution in [-0.4, -0.2) is 32.2 Å². The average Bonchev–Trinajstić information content (AvgIpc) is 2.39. The summed E-state index contributed by atoms with van der Waals surface area (Å²) in [4.78, 5) is 8.40. The van der Waals surface area contributed by atoms with Crippen molar-refractivity contribution >= 4 is 27.5 Å². The Morgan fingerprint density at radius 3 is 2.94 bits per heavy atom. The van der Waals surface area contributed by atoms with E-state index in [1.54, 1.807) is 6.33 Å². The van der Waals surface area contributed by atoms with Crippen molar-refractivity contribution in [3.63, 3.8) is 0 Å². The average molecular weight is 249 g/mol. The molecule has 1 heterocycles. The molecule has 0 aliphatic carbocycles. The molecule has 0 saturated carbocycles. The van der Waals surface area contributed by atoms with Crippen LogP contribution < -0.4 is 5.32 Å². The van der Waals surface area contributed by atoms with Gasteiger partial charge in [0, 0.05) is 34.2 Å². The Balaban J connectivity index is 2.11. The molecule has 0 saturated heterocycles. The first-order chi connectivity index (χ1) is 8.31. The van der Waals surface area contributed by atoms with Gasteiger partial charge in [-0.15, -0.1) is 0 Å². The van der Waals surface area contributed by atoms with Crippen LogP contribution in [0, 0.1) is 0 Å². The standard InChI is InChI=1S/C12H15N3OS/c1-2-17(16)8-7-13-12-10-5-3-4-6-11(10)14-9-15-12/h3-6,9H,2,7-8H2,1H3,(H,13,14,15). The van der Waals surface area contributed by atoms with Gasteiger partial charge < -0.3 is 5.32 Å². The zero-order chi connectivity index (χ0) is 12.1. The molecule has 0 amide bonds. The van der Waals surface area contributed by atoms with E-state index in [0.29, 0.717) is 18.1 Å². The van der Waals surface area contributed by atoms with Gasteiger partial charge in [-0.1, -0.05) is 19.1 Å². The third-order valence-electron chi connectivity index (χ3n) is 2.49. The molecule has 0 bridgehead atoms. The highest BCUT2D eigenvalue weighted by Crippen LogP contribution is 2.17. The summed E-state index contributed by atoms with van der Waals surface area (Å²) < 4.78 is 11.3. The summed E-state index contributed by atoms with van der Waals surface area (Å²) in [7, 11) is -0.740. The molecular weight excluding hydrogens is 234 g/mol. The monoisotopic (exact) mass is 249 g/mol. The number of aromatic nitrogens is 2. The van der Waals surface area contributed by atoms with Gasteiger partial charge >= 0.3 is 0 Å². The van der Waals surface area contributed by atoms with Crippen molar-refractivity contribution < 1.29 is 4.21 Å². The third-order valence-corrected chi connectivity index (χ3v) is 3.79. The van der Waals surface area contributed by atoms with Crippen LogP contribution >= 0.6 is 0 Å². The Bertz CT molecular complexity index is 525. The van der Waals surface area contributed by atoms with Crippen LogP contribution in [0.15, 0.2) is 30.6 Å². The van der Waals surface area contributed by atoms with Crippen molar-refractivity contribution in [1.82, 2.24) is 9.97 Å². The van der Waals surface area contributed by atoms with Gasteiger partial charge in [0.2, 0.25) is 0 Å². The van der Waals surface area contributed by atoms with Crippen molar-refractivity contribution in [1.29, 1.82) is 0 Å². The second-order valence-electron chi connectivity index (χ2n) is 3.60. The normalized spacial score (nSPS) is 12.5. The Morgan fingerprint density at radius 2 is 2.12 bits per heavy atom. The second-order valence-corrected chi connectivity index (χ2v) is 5.46. The summed E-state index contributed by atoms with van der Waals surface area (Å²) >= 11 is 0. The zero-order valence-electron chi connectivity index (χ0n) is 9.72. The van der Waals surface area contributed by atoms with E-state index in [-0.39, 0.29) is 0 Å². The van der Waals surface area contributed by atoms with Crippen molar-refractivity contribution in [2.24, 2.45) is 0 Å². The van der Waals surface area contributed by atoms with Crippen LogP contribution in [0.3, 0.4) is 0 Å². The maximum Gasteiger partial charge on any atom is 0.137 e. The number of fused-ring (bicyclic) bond motifs is 1. The molecule has 4 nitrogen and oxygen atoms in total. The van der Waals surface area contributed by atoms with Gasteiger partial charge in [0.1, 0.15) is 12.1 Å². The Morgan fingerprint density at radius 1 is 1.29 bits per heavy atom. The number of nitrogens with one attached hydrogen (secondary N) is 1. The molecule has 0 fully saturated rings. The van der Waals surface area contributed by atoms with Crippen LogP contribution in [0.5, 0.6) is 0 Å². The maximum atomic E-state index is 11.3. The fraction of sp³-hybridized carbons (Fsp3) is 0.333. The fourth-order valence-electron chi connectivity index (χ4n) is 1.57. The summed E-state index contributed by atoms with van der Waals surface area (Å²) in [6, 6.07) is 7.84. The minimum absolute atomic E-state index is 0.648. The number of hydrogen-bond acceptors (Lipinski definition) is 4. The Hall–Kier alpha value is -1.49. The lowest BCUT2D eigenvalue weighted by Crippen LogP contribution is -2.13. The highest BCUT2D eigenvalue weighted by molar-refractivity contribution is 7.84. The second kappa shape index (κ2) is 5.72. The molecule has 0 aliphatic heterocycles. The molecule has 1 unspecified atom stereocenters. The Kier molecular flexibility index (Phi) is 4.03. The van der Waals surface area contributed by atoms with Gasteiger partial charge in [0.05, 0.1) is 5.52 Å². The zero-order valence-corrected chi connectivity index (χ0v) is 10.5. The van der Waals surface area contributed by atoms with Gasteiger partial charge in [-0.05, 0) is 12.1 Å². The minimum Gasteiger partial charge on any atom is -0.369 e. The van der Waals surface area contributed by atoms with Gasteiger partial charge in [-0.3, -0.25) is 4.21 Å². The molecule has 1 atom stereocenters. The quantitative estimate of drug-likeness (QED) is 0.878. The first-order valence-corrected chi connectivity index (χ1v) is 7.08. The highest BCUT2D eigenvalue weighted by atomic mass is 32.2. The first kappa shape index (κ1) is 12.0. The number of nitrogens with zero attached hydrogens (tertiary/aromatic N) is 2. The number of para-hydroxylation sites is 1. The lowest BCUT2D eigenvalue weighted by atomic mass is 10.2. The van der Waals surface area contributed by atoms with Crippen molar-refractivity contribution in [2.75, 3.05) is 23.4 Å². The van der Waals surface area contributed by atoms with E-state index in [0.717, 1.165) is 16.7 Å². The topological polar surface area (TPSA) is 54.9 Å². The number of hydrogen-bond donors (Lipinski definition) is 1. The SMILES string of the molecule is CCS(=O)CCNc1ncnc2ccccc12. The van der Waals surface area contributed by atoms with Crippen LogP contribution in [0.2, 0.25) is 0 Å². The third kappa shape index (κ3) is 3.00. The van der Waals surface area contributed by atoms with Crippen molar-refractivity contribution in [3.8, 4) is 0 Å². The van der Waals surface area contributed by atoms with Crippen LogP contribution in [0.25, 0.3) is 10.9 Å². The molecule has 2 rings (SSSR count). The van der Waals surface area contributed by atoms with E-state index in [9.17, 15) is 4.21 Å². The highest BCUT2D eigenvalue weighted by Gasteiger charge is 2.02. The van der Waals surface area contributed by atoms with E-state index < -0.39 is 10.8 Å². The van der Waals surface area contributed by atoms with E-state index in [1.807, 2.05) is 31.2 Å². The molecule has 0 spiro atoms. The van der Waals surface area contributed by atoms with Crippen LogP contribution in [-0.2, 0) is 10.8 Å². The summed E-state index contributed by atoms with van der Waals surface area (Å²) in [5.41, 5.74) is 0.918. The molecule has 17 heavy (non-hydrogen) atoms. The molecule has 2 aromatic rings. The first-order valence-electron chi connectivity index (χ1n) is 5.60. The van der Waals surface area contributed by atoms with Gasteiger partial charge in [0.25, 0.3) is 0 Å². The largest absolute Gasteiger partial charge is 0.369 e. The van der Waals surface area contributed by atoms with E-state index in [4.69, 9.17) is 0 Å². The molecule has 0 radical (unpaired) electrons. The number of anilines is 1. The van der Waals surface area contributed by atoms with Gasteiger partial charge in [-0.2, -0.15) is 0 Å². The molecule has 1 aromatic heterocycles. The Labute approximate surface area is 103 Å². The summed E-state index contributed by atoms with van der Waals surface area (Å²) in [6.45, 7) is 2.59. The van der Waals surface area contributed by atoms with E-state index >= 15 is 0 Å². The number of rotatable bonds is 5. The summed E-state index contributed by atoms with van der Waals surface area (Å²) in [6.07, 6.45) is 1.54. The van der Waals surface area contributed by atoms with Crippen LogP contribution in [0.1, 0.15) is 6.92 Å². The summed E-state index contributed by atoms with van der Waals surface area (Å²) in [5.74, 6) is 2.16. The van der Waals surface area contributed by atoms with Crippen LogP contribution in [0.4, 0.5) is 5.82 Å². The van der Waals surface area contributed by atoms with E-state index in [2.05, 4.69) is 15.3 Å². The predicted molar refractivity (Wildman–Crippen MR) is 71.6 cm³/mol. The molecule has 0 aliphatic rings. The predicted octanol–water partition coefficient (Wildman–Crippen LogP) is 1.81. The fourth-order valence-corrected chi connectivity index (χ4v) is 2.19. The van der Waals surface area contributed by atoms with Crippen molar-refractivity contribution in [2.45, 2.75) is 6.92 Å². The lowest BCUT2D eigenvalue weighted by Gasteiger charge is -2.07. The summed E-state index contributed by atoms with van der Waals surface area (Å²) in [5, 5.41) is 4.21. The molecule has 5 heteroatoms. The minimum atomic E-state index is -0.740. The van der Waals surface area contributed by atoms with Crippen molar-refractivity contribution in [3.05, 3.63) is 30.6 Å². The smallest absolute Gasteiger partial charge is 0.137 e. The maximum absolute atomic E-state index is 11.3. The number of benzene rings is 1. The van der Waals surface area contributed by atoms with E-state index in [1.165, 1.54) is 0 Å². The van der Waals surface area contributed by atoms with Gasteiger partial charge in [-0.25, -0.2) is 9.97 Å². The van der Waals surface area contributed by atoms with Gasteiger partial charge in [0.15, 0.2) is 0 Å². The molecule has 1 aromatic carbocycles. The molecule has 1 N–H and O–H groups in total. The lowest BCUT2D eigenvalue weighted by molar-refractivity contribution is 0.684. The molecule has 90 valence electrons. The molecular formula is C12H15N3OS.